The Balaban J connectivity index is 1.86. The third-order valence-electron chi connectivity index (χ3n) is 4.15. The first-order valence-corrected chi connectivity index (χ1v) is 11.3. The van der Waals surface area contributed by atoms with Crippen LogP contribution < -0.4 is 15.8 Å². The smallest absolute Gasteiger partial charge is 0.272 e. The number of nitrogens with two attached hydrogens (primary N) is 1. The van der Waals surface area contributed by atoms with E-state index in [9.17, 15) is 18.0 Å². The van der Waals surface area contributed by atoms with Crippen molar-refractivity contribution in [2.24, 2.45) is 5.14 Å². The second-order valence-corrected chi connectivity index (χ2v) is 8.93. The van der Waals surface area contributed by atoms with Gasteiger partial charge in [0.1, 0.15) is 5.70 Å². The van der Waals surface area contributed by atoms with Crippen LogP contribution in [-0.2, 0) is 14.8 Å². The van der Waals surface area contributed by atoms with E-state index in [1.807, 2.05) is 12.1 Å². The van der Waals surface area contributed by atoms with E-state index in [0.29, 0.717) is 16.8 Å². The van der Waals surface area contributed by atoms with Gasteiger partial charge in [-0.05, 0) is 60.2 Å². The number of rotatable bonds is 6. The highest BCUT2D eigenvalue weighted by Crippen LogP contribution is 2.16. The van der Waals surface area contributed by atoms with Gasteiger partial charge in [-0.3, -0.25) is 9.59 Å². The first kappa shape index (κ1) is 22.4. The van der Waals surface area contributed by atoms with E-state index in [1.54, 1.807) is 48.5 Å². The summed E-state index contributed by atoms with van der Waals surface area (Å²) in [5, 5.41) is 10.4. The predicted octanol–water partition coefficient (Wildman–Crippen LogP) is 3.51. The van der Waals surface area contributed by atoms with Crippen LogP contribution in [0.5, 0.6) is 0 Å². The van der Waals surface area contributed by atoms with Crippen LogP contribution in [0.3, 0.4) is 0 Å². The fourth-order valence-corrected chi connectivity index (χ4v) is 3.37. The number of hydrogen-bond donors (Lipinski definition) is 3. The minimum Gasteiger partial charge on any atom is -0.321 e. The van der Waals surface area contributed by atoms with Gasteiger partial charge in [0.25, 0.3) is 11.8 Å². The predicted molar refractivity (Wildman–Crippen MR) is 122 cm³/mol. The normalized spacial score (nSPS) is 11.6. The summed E-state index contributed by atoms with van der Waals surface area (Å²) in [4.78, 5) is 25.4. The van der Waals surface area contributed by atoms with Gasteiger partial charge in [-0.1, -0.05) is 46.3 Å². The highest BCUT2D eigenvalue weighted by Gasteiger charge is 2.15. The largest absolute Gasteiger partial charge is 0.321 e. The first-order chi connectivity index (χ1) is 14.7. The third-order valence-corrected chi connectivity index (χ3v) is 5.61. The van der Waals surface area contributed by atoms with E-state index in [1.165, 1.54) is 24.3 Å². The maximum Gasteiger partial charge on any atom is 0.272 e. The summed E-state index contributed by atoms with van der Waals surface area (Å²) in [7, 11) is -3.84. The van der Waals surface area contributed by atoms with Gasteiger partial charge >= 0.3 is 0 Å². The number of primary sulfonamides is 1. The number of sulfonamides is 1. The summed E-state index contributed by atoms with van der Waals surface area (Å²) < 4.78 is 23.7. The molecule has 0 saturated heterocycles. The van der Waals surface area contributed by atoms with E-state index in [2.05, 4.69) is 26.6 Å². The molecular weight excluding hydrogens is 482 g/mol. The Morgan fingerprint density at radius 1 is 0.871 bits per heavy atom. The molecule has 3 rings (SSSR count). The molecule has 2 amide bonds. The summed E-state index contributed by atoms with van der Waals surface area (Å²) in [5.41, 5.74) is 1.46. The van der Waals surface area contributed by atoms with Crippen LogP contribution in [0.2, 0.25) is 0 Å². The zero-order valence-electron chi connectivity index (χ0n) is 16.1. The molecule has 7 nitrogen and oxygen atoms in total. The van der Waals surface area contributed by atoms with E-state index in [-0.39, 0.29) is 10.6 Å². The number of benzene rings is 3. The molecule has 0 aromatic heterocycles. The molecule has 3 aromatic carbocycles. The molecule has 9 heteroatoms. The van der Waals surface area contributed by atoms with Crippen molar-refractivity contribution in [1.29, 1.82) is 0 Å². The lowest BCUT2D eigenvalue weighted by Gasteiger charge is -2.12. The number of hydrogen-bond acceptors (Lipinski definition) is 4. The summed E-state index contributed by atoms with van der Waals surface area (Å²) in [5.74, 6) is -1.01. The fourth-order valence-electron chi connectivity index (χ4n) is 2.59. The Kier molecular flexibility index (Phi) is 7.01. The average Bonchev–Trinajstić information content (AvgIpc) is 2.75. The van der Waals surface area contributed by atoms with Crippen LogP contribution in [0.4, 0.5) is 5.69 Å². The number of anilines is 1. The molecule has 0 unspecified atom stereocenters. The maximum atomic E-state index is 12.9. The molecule has 0 fully saturated rings. The third kappa shape index (κ3) is 6.35. The average molecular weight is 500 g/mol. The number of carbonyl (C=O) groups is 2. The van der Waals surface area contributed by atoms with Crippen LogP contribution in [-0.4, -0.2) is 20.2 Å². The Labute approximate surface area is 188 Å². The molecule has 31 heavy (non-hydrogen) atoms. The quantitative estimate of drug-likeness (QED) is 0.449. The number of halogens is 1. The lowest BCUT2D eigenvalue weighted by Crippen LogP contribution is -2.30. The van der Waals surface area contributed by atoms with Crippen LogP contribution in [0.25, 0.3) is 6.08 Å². The van der Waals surface area contributed by atoms with Crippen molar-refractivity contribution in [2.75, 3.05) is 5.32 Å². The monoisotopic (exact) mass is 499 g/mol. The van der Waals surface area contributed by atoms with Gasteiger partial charge in [-0.25, -0.2) is 13.6 Å². The molecular formula is C22H18BrN3O4S. The molecule has 0 atom stereocenters. The topological polar surface area (TPSA) is 118 Å². The van der Waals surface area contributed by atoms with Crippen molar-refractivity contribution in [3.8, 4) is 0 Å². The molecule has 0 spiro atoms. The molecule has 0 aliphatic heterocycles. The maximum absolute atomic E-state index is 12.9. The van der Waals surface area contributed by atoms with E-state index < -0.39 is 21.8 Å². The highest BCUT2D eigenvalue weighted by atomic mass is 79.9. The van der Waals surface area contributed by atoms with E-state index in [4.69, 9.17) is 5.14 Å². The standard InChI is InChI=1S/C22H18BrN3O4S/c23-17-8-6-15(7-9-17)14-20(26-21(27)16-4-2-1-3-5-16)22(28)25-18-10-12-19(13-11-18)31(24,29)30/h1-14H,(H,25,28)(H,26,27)(H2,24,29,30)/b20-14+. The van der Waals surface area contributed by atoms with Gasteiger partial charge < -0.3 is 10.6 Å². The summed E-state index contributed by atoms with van der Waals surface area (Å²) in [6.45, 7) is 0. The van der Waals surface area contributed by atoms with Gasteiger partial charge in [-0.2, -0.15) is 0 Å². The SMILES string of the molecule is NS(=O)(=O)c1ccc(NC(=O)/C(=C\c2ccc(Br)cc2)NC(=O)c2ccccc2)cc1. The molecule has 0 saturated carbocycles. The molecule has 0 aliphatic rings. The van der Waals surface area contributed by atoms with Gasteiger partial charge in [0.15, 0.2) is 0 Å². The summed E-state index contributed by atoms with van der Waals surface area (Å²) >= 11 is 3.35. The lowest BCUT2D eigenvalue weighted by molar-refractivity contribution is -0.113. The second-order valence-electron chi connectivity index (χ2n) is 6.45. The Bertz CT molecular complexity index is 1220. The Hall–Kier alpha value is -3.27. The van der Waals surface area contributed by atoms with Gasteiger partial charge in [0, 0.05) is 15.7 Å². The molecule has 0 aliphatic carbocycles. The van der Waals surface area contributed by atoms with Crippen LogP contribution in [0, 0.1) is 0 Å². The van der Waals surface area contributed by atoms with E-state index >= 15 is 0 Å². The molecule has 0 heterocycles. The minimum absolute atomic E-state index is 0.0201. The Morgan fingerprint density at radius 2 is 1.48 bits per heavy atom. The Morgan fingerprint density at radius 3 is 2.06 bits per heavy atom. The van der Waals surface area contributed by atoms with Crippen molar-refractivity contribution < 1.29 is 18.0 Å². The number of amides is 2. The van der Waals surface area contributed by atoms with Crippen molar-refractivity contribution in [3.05, 3.63) is 100 Å². The van der Waals surface area contributed by atoms with Crippen molar-refractivity contribution in [3.63, 3.8) is 0 Å². The molecule has 0 radical (unpaired) electrons. The van der Waals surface area contributed by atoms with Crippen molar-refractivity contribution in [2.45, 2.75) is 4.90 Å². The summed E-state index contributed by atoms with van der Waals surface area (Å²) in [6, 6.07) is 21.1. The zero-order valence-corrected chi connectivity index (χ0v) is 18.5. The van der Waals surface area contributed by atoms with Gasteiger partial charge in [0.05, 0.1) is 4.90 Å². The highest BCUT2D eigenvalue weighted by molar-refractivity contribution is 9.10. The van der Waals surface area contributed by atoms with Crippen molar-refractivity contribution in [1.82, 2.24) is 5.32 Å². The van der Waals surface area contributed by atoms with Crippen molar-refractivity contribution >= 4 is 49.5 Å². The van der Waals surface area contributed by atoms with Gasteiger partial charge in [-0.15, -0.1) is 0 Å². The molecule has 3 aromatic rings. The number of nitrogens with one attached hydrogen (secondary N) is 2. The fraction of sp³-hybridized carbons (Fsp3) is 0. The molecule has 0 bridgehead atoms. The zero-order chi connectivity index (χ0) is 22.4. The van der Waals surface area contributed by atoms with Gasteiger partial charge in [0.2, 0.25) is 10.0 Å². The minimum atomic E-state index is -3.84. The first-order valence-electron chi connectivity index (χ1n) is 9.00. The molecule has 158 valence electrons. The summed E-state index contributed by atoms with van der Waals surface area (Å²) in [6.07, 6.45) is 1.54. The number of carbonyl (C=O) groups excluding carboxylic acids is 2. The molecule has 4 N–H and O–H groups in total. The van der Waals surface area contributed by atoms with Crippen LogP contribution in [0.15, 0.2) is 93.9 Å². The van der Waals surface area contributed by atoms with Crippen LogP contribution in [0.1, 0.15) is 15.9 Å². The van der Waals surface area contributed by atoms with E-state index in [0.717, 1.165) is 4.47 Å². The lowest BCUT2D eigenvalue weighted by atomic mass is 10.1. The second kappa shape index (κ2) is 9.69. The van der Waals surface area contributed by atoms with Crippen LogP contribution >= 0.6 is 15.9 Å².